The summed E-state index contributed by atoms with van der Waals surface area (Å²) in [6.07, 6.45) is 2.00. The Labute approximate surface area is 126 Å². The molecule has 1 N–H and O–H groups in total. The summed E-state index contributed by atoms with van der Waals surface area (Å²) < 4.78 is 0. The number of rotatable bonds is 3. The lowest BCUT2D eigenvalue weighted by molar-refractivity contribution is 0.579. The number of hydrogen-bond acceptors (Lipinski definition) is 4. The molecular formula is C17H22N4. The fourth-order valence-electron chi connectivity index (χ4n) is 2.65. The summed E-state index contributed by atoms with van der Waals surface area (Å²) in [4.78, 5) is 11.7. The predicted octanol–water partition coefficient (Wildman–Crippen LogP) is 2.68. The van der Waals surface area contributed by atoms with E-state index in [1.54, 1.807) is 0 Å². The van der Waals surface area contributed by atoms with Crippen LogP contribution in [0.5, 0.6) is 0 Å². The van der Waals surface area contributed by atoms with Gasteiger partial charge in [-0.1, -0.05) is 44.2 Å². The lowest BCUT2D eigenvalue weighted by Gasteiger charge is -2.28. The van der Waals surface area contributed by atoms with Crippen LogP contribution in [-0.4, -0.2) is 36.1 Å². The largest absolute Gasteiger partial charge is 0.338 e. The maximum atomic E-state index is 4.87. The van der Waals surface area contributed by atoms with E-state index < -0.39 is 0 Å². The number of nitrogens with zero attached hydrogens (tertiary/aromatic N) is 3. The molecule has 2 heterocycles. The maximum absolute atomic E-state index is 4.87. The fraction of sp³-hybridized carbons (Fsp3) is 0.412. The summed E-state index contributed by atoms with van der Waals surface area (Å²) in [5.74, 6) is 1.26. The summed E-state index contributed by atoms with van der Waals surface area (Å²) in [7, 11) is 0. The third-order valence-electron chi connectivity index (χ3n) is 3.87. The SMILES string of the molecule is CC(C)c1cnc(N2CCNCC2)nc1-c1ccccc1. The fourth-order valence-corrected chi connectivity index (χ4v) is 2.65. The molecule has 0 radical (unpaired) electrons. The van der Waals surface area contributed by atoms with Gasteiger partial charge in [-0.25, -0.2) is 9.97 Å². The van der Waals surface area contributed by atoms with Gasteiger partial charge in [0.25, 0.3) is 0 Å². The molecule has 1 aromatic carbocycles. The molecular weight excluding hydrogens is 260 g/mol. The number of benzene rings is 1. The Morgan fingerprint density at radius 1 is 1.10 bits per heavy atom. The van der Waals surface area contributed by atoms with E-state index in [0.29, 0.717) is 5.92 Å². The van der Waals surface area contributed by atoms with E-state index >= 15 is 0 Å². The van der Waals surface area contributed by atoms with Gasteiger partial charge in [0.2, 0.25) is 5.95 Å². The van der Waals surface area contributed by atoms with Gasteiger partial charge in [0, 0.05) is 37.9 Å². The van der Waals surface area contributed by atoms with Gasteiger partial charge in [-0.15, -0.1) is 0 Å². The first-order valence-electron chi connectivity index (χ1n) is 7.63. The van der Waals surface area contributed by atoms with E-state index in [-0.39, 0.29) is 0 Å². The molecule has 4 nitrogen and oxygen atoms in total. The molecule has 0 atom stereocenters. The minimum Gasteiger partial charge on any atom is -0.338 e. The van der Waals surface area contributed by atoms with E-state index in [4.69, 9.17) is 4.98 Å². The highest BCUT2D eigenvalue weighted by Gasteiger charge is 2.17. The van der Waals surface area contributed by atoms with E-state index in [0.717, 1.165) is 37.8 Å². The normalized spacial score (nSPS) is 15.5. The molecule has 21 heavy (non-hydrogen) atoms. The van der Waals surface area contributed by atoms with Crippen molar-refractivity contribution in [1.82, 2.24) is 15.3 Å². The minimum atomic E-state index is 0.414. The van der Waals surface area contributed by atoms with E-state index in [9.17, 15) is 0 Å². The molecule has 1 saturated heterocycles. The van der Waals surface area contributed by atoms with Crippen molar-refractivity contribution in [3.05, 3.63) is 42.1 Å². The number of aromatic nitrogens is 2. The summed E-state index contributed by atoms with van der Waals surface area (Å²) in [5.41, 5.74) is 3.44. The molecule has 1 fully saturated rings. The molecule has 1 aliphatic rings. The van der Waals surface area contributed by atoms with Crippen LogP contribution in [0.2, 0.25) is 0 Å². The van der Waals surface area contributed by atoms with Gasteiger partial charge >= 0.3 is 0 Å². The average Bonchev–Trinajstić information content (AvgIpc) is 2.56. The van der Waals surface area contributed by atoms with Crippen LogP contribution in [0.3, 0.4) is 0 Å². The molecule has 1 aromatic heterocycles. The zero-order valence-electron chi connectivity index (χ0n) is 12.7. The Bertz CT molecular complexity index is 589. The van der Waals surface area contributed by atoms with Crippen LogP contribution in [-0.2, 0) is 0 Å². The van der Waals surface area contributed by atoms with Crippen molar-refractivity contribution < 1.29 is 0 Å². The van der Waals surface area contributed by atoms with Crippen LogP contribution in [0.4, 0.5) is 5.95 Å². The van der Waals surface area contributed by atoms with Gasteiger partial charge in [-0.3, -0.25) is 0 Å². The zero-order chi connectivity index (χ0) is 14.7. The van der Waals surface area contributed by atoms with Gasteiger partial charge in [-0.2, -0.15) is 0 Å². The lowest BCUT2D eigenvalue weighted by atomic mass is 9.99. The van der Waals surface area contributed by atoms with Gasteiger partial charge in [0.05, 0.1) is 5.69 Å². The van der Waals surface area contributed by atoms with Crippen molar-refractivity contribution in [1.29, 1.82) is 0 Å². The first kappa shape index (κ1) is 14.0. The highest BCUT2D eigenvalue weighted by Crippen LogP contribution is 2.28. The van der Waals surface area contributed by atoms with Crippen molar-refractivity contribution >= 4 is 5.95 Å². The molecule has 0 spiro atoms. The monoisotopic (exact) mass is 282 g/mol. The molecule has 2 aromatic rings. The number of nitrogens with one attached hydrogen (secondary N) is 1. The Balaban J connectivity index is 2.02. The third kappa shape index (κ3) is 3.05. The second kappa shape index (κ2) is 6.22. The molecule has 0 amide bonds. The molecule has 3 rings (SSSR count). The van der Waals surface area contributed by atoms with Crippen LogP contribution in [0.25, 0.3) is 11.3 Å². The molecule has 110 valence electrons. The molecule has 0 bridgehead atoms. The van der Waals surface area contributed by atoms with Gasteiger partial charge in [0.1, 0.15) is 0 Å². The quantitative estimate of drug-likeness (QED) is 0.939. The van der Waals surface area contributed by atoms with Gasteiger partial charge < -0.3 is 10.2 Å². The standard InChI is InChI=1S/C17H22N4/c1-13(2)15-12-19-17(21-10-8-18-9-11-21)20-16(15)14-6-4-3-5-7-14/h3-7,12-13,18H,8-11H2,1-2H3. The Morgan fingerprint density at radius 2 is 1.81 bits per heavy atom. The molecule has 0 aliphatic carbocycles. The van der Waals surface area contributed by atoms with E-state index in [2.05, 4.69) is 53.3 Å². The topological polar surface area (TPSA) is 41.1 Å². The Kier molecular flexibility index (Phi) is 4.15. The maximum Gasteiger partial charge on any atom is 0.225 e. The van der Waals surface area contributed by atoms with Gasteiger partial charge in [0.15, 0.2) is 0 Å². The van der Waals surface area contributed by atoms with Crippen LogP contribution >= 0.6 is 0 Å². The van der Waals surface area contributed by atoms with Crippen molar-refractivity contribution in [3.63, 3.8) is 0 Å². The summed E-state index contributed by atoms with van der Waals surface area (Å²) in [6.45, 7) is 8.31. The molecule has 4 heteroatoms. The number of hydrogen-bond donors (Lipinski definition) is 1. The van der Waals surface area contributed by atoms with E-state index in [1.807, 2.05) is 12.3 Å². The van der Waals surface area contributed by atoms with Crippen molar-refractivity contribution in [3.8, 4) is 11.3 Å². The summed E-state index contributed by atoms with van der Waals surface area (Å²) >= 11 is 0. The van der Waals surface area contributed by atoms with Crippen molar-refractivity contribution in [2.24, 2.45) is 0 Å². The van der Waals surface area contributed by atoms with Crippen LogP contribution in [0.1, 0.15) is 25.3 Å². The first-order valence-corrected chi connectivity index (χ1v) is 7.63. The van der Waals surface area contributed by atoms with E-state index in [1.165, 1.54) is 11.1 Å². The minimum absolute atomic E-state index is 0.414. The van der Waals surface area contributed by atoms with Crippen molar-refractivity contribution in [2.45, 2.75) is 19.8 Å². The number of anilines is 1. The van der Waals surface area contributed by atoms with Gasteiger partial charge in [-0.05, 0) is 11.5 Å². The van der Waals surface area contributed by atoms with Crippen LogP contribution in [0.15, 0.2) is 36.5 Å². The Morgan fingerprint density at radius 3 is 2.48 bits per heavy atom. The average molecular weight is 282 g/mol. The smallest absolute Gasteiger partial charge is 0.225 e. The van der Waals surface area contributed by atoms with Crippen molar-refractivity contribution in [2.75, 3.05) is 31.1 Å². The third-order valence-corrected chi connectivity index (χ3v) is 3.87. The Hall–Kier alpha value is -1.94. The van der Waals surface area contributed by atoms with Crippen LogP contribution < -0.4 is 10.2 Å². The molecule has 1 aliphatic heterocycles. The summed E-state index contributed by atoms with van der Waals surface area (Å²) in [5, 5.41) is 3.36. The summed E-state index contributed by atoms with van der Waals surface area (Å²) in [6, 6.07) is 10.4. The highest BCUT2D eigenvalue weighted by molar-refractivity contribution is 5.64. The first-order chi connectivity index (χ1) is 10.3. The second-order valence-electron chi connectivity index (χ2n) is 5.73. The zero-order valence-corrected chi connectivity index (χ0v) is 12.7. The predicted molar refractivity (Wildman–Crippen MR) is 86.6 cm³/mol. The second-order valence-corrected chi connectivity index (χ2v) is 5.73. The lowest BCUT2D eigenvalue weighted by Crippen LogP contribution is -2.44. The highest BCUT2D eigenvalue weighted by atomic mass is 15.3. The number of piperazine rings is 1. The molecule has 0 saturated carbocycles. The molecule has 0 unspecified atom stereocenters. The van der Waals surface area contributed by atoms with Crippen LogP contribution in [0, 0.1) is 0 Å².